The predicted octanol–water partition coefficient (Wildman–Crippen LogP) is 2.46. The maximum absolute atomic E-state index is 2.40. The van der Waals surface area contributed by atoms with Gasteiger partial charge in [-0.05, 0) is 38.8 Å². The maximum Gasteiger partial charge on any atom is 0.0158 e. The van der Waals surface area contributed by atoms with Crippen molar-refractivity contribution in [3.63, 3.8) is 0 Å². The molecule has 0 aromatic rings. The molecule has 0 radical (unpaired) electrons. The number of rotatable bonds is 1. The van der Waals surface area contributed by atoms with Crippen molar-refractivity contribution in [3.8, 4) is 0 Å². The monoisotopic (exact) mass is 177 g/mol. The molecule has 2 aliphatic rings. The van der Waals surface area contributed by atoms with Crippen LogP contribution in [-0.4, -0.2) is 25.0 Å². The summed E-state index contributed by atoms with van der Waals surface area (Å²) in [5.41, 5.74) is 0. The van der Waals surface area contributed by atoms with Gasteiger partial charge in [0.1, 0.15) is 0 Å². The van der Waals surface area contributed by atoms with Gasteiger partial charge in [-0.1, -0.05) is 30.7 Å². The predicted molar refractivity (Wildman–Crippen MR) is 56.6 cm³/mol. The first-order chi connectivity index (χ1) is 6.29. The largest absolute Gasteiger partial charge is 0.306 e. The zero-order chi connectivity index (χ0) is 9.26. The van der Waals surface area contributed by atoms with Crippen molar-refractivity contribution in [3.05, 3.63) is 24.3 Å². The van der Waals surface area contributed by atoms with Crippen LogP contribution in [0.2, 0.25) is 0 Å². The average molecular weight is 177 g/mol. The van der Waals surface area contributed by atoms with E-state index in [9.17, 15) is 0 Å². The number of allylic oxidation sites excluding steroid dienone is 3. The molecule has 0 heterocycles. The third-order valence-electron chi connectivity index (χ3n) is 3.44. The van der Waals surface area contributed by atoms with E-state index >= 15 is 0 Å². The highest BCUT2D eigenvalue weighted by Gasteiger charge is 2.31. The van der Waals surface area contributed by atoms with E-state index in [0.717, 1.165) is 17.9 Å². The zero-order valence-corrected chi connectivity index (χ0v) is 8.61. The Labute approximate surface area is 81.1 Å². The summed E-state index contributed by atoms with van der Waals surface area (Å²) >= 11 is 0. The first-order valence-electron chi connectivity index (χ1n) is 5.30. The molecule has 0 aromatic heterocycles. The second-order valence-corrected chi connectivity index (χ2v) is 4.47. The lowest BCUT2D eigenvalue weighted by atomic mass is 9.73. The number of hydrogen-bond acceptors (Lipinski definition) is 1. The van der Waals surface area contributed by atoms with E-state index in [2.05, 4.69) is 43.3 Å². The smallest absolute Gasteiger partial charge is 0.0158 e. The molecule has 0 amide bonds. The van der Waals surface area contributed by atoms with Gasteiger partial charge in [-0.2, -0.15) is 0 Å². The van der Waals surface area contributed by atoms with Crippen molar-refractivity contribution in [2.24, 2.45) is 11.8 Å². The third kappa shape index (κ3) is 1.71. The molecule has 0 saturated heterocycles. The fourth-order valence-corrected chi connectivity index (χ4v) is 2.73. The van der Waals surface area contributed by atoms with Gasteiger partial charge in [0.05, 0.1) is 0 Å². The summed E-state index contributed by atoms with van der Waals surface area (Å²) in [5, 5.41) is 0. The Morgan fingerprint density at radius 1 is 1.08 bits per heavy atom. The number of nitrogens with zero attached hydrogens (tertiary/aromatic N) is 1. The molecular weight excluding hydrogens is 158 g/mol. The van der Waals surface area contributed by atoms with Crippen LogP contribution in [-0.2, 0) is 0 Å². The van der Waals surface area contributed by atoms with E-state index in [1.807, 2.05) is 0 Å². The van der Waals surface area contributed by atoms with E-state index in [-0.39, 0.29) is 0 Å². The van der Waals surface area contributed by atoms with Gasteiger partial charge in [0.25, 0.3) is 0 Å². The van der Waals surface area contributed by atoms with Gasteiger partial charge in [0.15, 0.2) is 0 Å². The van der Waals surface area contributed by atoms with E-state index in [1.54, 1.807) is 0 Å². The van der Waals surface area contributed by atoms with Gasteiger partial charge >= 0.3 is 0 Å². The highest BCUT2D eigenvalue weighted by atomic mass is 15.1. The van der Waals surface area contributed by atoms with Crippen LogP contribution in [0.4, 0.5) is 0 Å². The molecule has 0 N–H and O–H groups in total. The normalized spacial score (nSPS) is 37.9. The molecule has 2 rings (SSSR count). The molecule has 2 aliphatic carbocycles. The molecule has 3 atom stereocenters. The van der Waals surface area contributed by atoms with Gasteiger partial charge < -0.3 is 4.90 Å². The second-order valence-electron chi connectivity index (χ2n) is 4.47. The van der Waals surface area contributed by atoms with E-state index in [1.165, 1.54) is 19.3 Å². The van der Waals surface area contributed by atoms with Gasteiger partial charge in [0, 0.05) is 6.04 Å². The standard InChI is InChI=1S/C12H19N/c1-13(2)12-9-5-7-10-6-3-4-8-11(10)12/h3-4,6,8,10-12H,5,7,9H2,1-2H3. The van der Waals surface area contributed by atoms with Gasteiger partial charge in [-0.25, -0.2) is 0 Å². The fraction of sp³-hybridized carbons (Fsp3) is 0.667. The topological polar surface area (TPSA) is 3.24 Å². The summed E-state index contributed by atoms with van der Waals surface area (Å²) in [4.78, 5) is 2.39. The Balaban J connectivity index is 2.13. The summed E-state index contributed by atoms with van der Waals surface area (Å²) in [5.74, 6) is 1.58. The average Bonchev–Trinajstić information content (AvgIpc) is 2.17. The lowest BCUT2D eigenvalue weighted by Gasteiger charge is -2.40. The lowest BCUT2D eigenvalue weighted by molar-refractivity contribution is 0.153. The van der Waals surface area contributed by atoms with Crippen molar-refractivity contribution in [2.45, 2.75) is 25.3 Å². The molecule has 1 fully saturated rings. The fourth-order valence-electron chi connectivity index (χ4n) is 2.73. The minimum Gasteiger partial charge on any atom is -0.306 e. The number of hydrogen-bond donors (Lipinski definition) is 0. The van der Waals surface area contributed by atoms with Gasteiger partial charge in [0.2, 0.25) is 0 Å². The lowest BCUT2D eigenvalue weighted by Crippen LogP contribution is -2.41. The van der Waals surface area contributed by atoms with Crippen molar-refractivity contribution < 1.29 is 0 Å². The first kappa shape index (κ1) is 9.01. The van der Waals surface area contributed by atoms with Crippen molar-refractivity contribution in [1.29, 1.82) is 0 Å². The Morgan fingerprint density at radius 3 is 2.62 bits per heavy atom. The second kappa shape index (κ2) is 3.67. The van der Waals surface area contributed by atoms with E-state index in [0.29, 0.717) is 0 Å². The maximum atomic E-state index is 2.40. The molecule has 1 nitrogen and oxygen atoms in total. The summed E-state index contributed by atoms with van der Waals surface area (Å²) < 4.78 is 0. The summed E-state index contributed by atoms with van der Waals surface area (Å²) in [6.45, 7) is 0. The van der Waals surface area contributed by atoms with Gasteiger partial charge in [-0.15, -0.1) is 0 Å². The minimum atomic E-state index is 0.764. The van der Waals surface area contributed by atoms with Crippen LogP contribution in [0.25, 0.3) is 0 Å². The minimum absolute atomic E-state index is 0.764. The van der Waals surface area contributed by atoms with Gasteiger partial charge in [-0.3, -0.25) is 0 Å². The Morgan fingerprint density at radius 2 is 1.85 bits per heavy atom. The first-order valence-corrected chi connectivity index (χ1v) is 5.30. The molecule has 1 heteroatoms. The zero-order valence-electron chi connectivity index (χ0n) is 8.61. The molecule has 0 bridgehead atoms. The highest BCUT2D eigenvalue weighted by Crippen LogP contribution is 2.35. The Bertz CT molecular complexity index is 227. The number of fused-ring (bicyclic) bond motifs is 1. The van der Waals surface area contributed by atoms with Crippen LogP contribution in [0.5, 0.6) is 0 Å². The molecule has 0 aromatic carbocycles. The van der Waals surface area contributed by atoms with Crippen LogP contribution in [0.3, 0.4) is 0 Å². The molecule has 0 aliphatic heterocycles. The van der Waals surface area contributed by atoms with Crippen molar-refractivity contribution in [2.75, 3.05) is 14.1 Å². The van der Waals surface area contributed by atoms with Crippen LogP contribution in [0, 0.1) is 11.8 Å². The summed E-state index contributed by atoms with van der Waals surface area (Å²) in [6, 6.07) is 0.764. The summed E-state index contributed by atoms with van der Waals surface area (Å²) in [7, 11) is 4.42. The van der Waals surface area contributed by atoms with E-state index in [4.69, 9.17) is 0 Å². The molecule has 3 unspecified atom stereocenters. The van der Waals surface area contributed by atoms with Crippen LogP contribution >= 0.6 is 0 Å². The highest BCUT2D eigenvalue weighted by molar-refractivity contribution is 5.17. The molecule has 72 valence electrons. The quantitative estimate of drug-likeness (QED) is 0.594. The van der Waals surface area contributed by atoms with Crippen molar-refractivity contribution >= 4 is 0 Å². The molecule has 1 saturated carbocycles. The summed E-state index contributed by atoms with van der Waals surface area (Å²) in [6.07, 6.45) is 13.3. The van der Waals surface area contributed by atoms with Crippen LogP contribution < -0.4 is 0 Å². The Kier molecular flexibility index (Phi) is 2.54. The SMILES string of the molecule is CN(C)C1CCCC2C=CC=CC21. The third-order valence-corrected chi connectivity index (χ3v) is 3.44. The van der Waals surface area contributed by atoms with Crippen LogP contribution in [0.1, 0.15) is 19.3 Å². The Hall–Kier alpha value is -0.560. The molecular formula is C12H19N. The molecule has 0 spiro atoms. The van der Waals surface area contributed by atoms with E-state index < -0.39 is 0 Å². The van der Waals surface area contributed by atoms with Crippen LogP contribution in [0.15, 0.2) is 24.3 Å². The molecule has 13 heavy (non-hydrogen) atoms. The van der Waals surface area contributed by atoms with Crippen molar-refractivity contribution in [1.82, 2.24) is 4.90 Å².